The predicted molar refractivity (Wildman–Crippen MR) is 106 cm³/mol. The first-order valence-electron chi connectivity index (χ1n) is 8.78. The molecular formula is C21H21ClN2O3. The molecule has 1 atom stereocenters. The number of primary amides is 1. The molecule has 1 amide bonds. The number of halogens is 1. The standard InChI is InChI=1S/C21H21ClN2O3/c1-3-4-16(20(23)26)19-12(2)24(18-10-9-15(25)11-17(18)19)21(27)13-5-7-14(22)8-6-13/h5-11,16,25H,3-4H2,1-2H3,(H2,23,26). The summed E-state index contributed by atoms with van der Waals surface area (Å²) in [5.74, 6) is -1.13. The van der Waals surface area contributed by atoms with Crippen LogP contribution in [-0.2, 0) is 4.79 Å². The van der Waals surface area contributed by atoms with E-state index in [-0.39, 0.29) is 11.7 Å². The summed E-state index contributed by atoms with van der Waals surface area (Å²) >= 11 is 5.92. The topological polar surface area (TPSA) is 85.3 Å². The Morgan fingerprint density at radius 1 is 1.19 bits per heavy atom. The highest BCUT2D eigenvalue weighted by Crippen LogP contribution is 2.36. The quantitative estimate of drug-likeness (QED) is 0.685. The average molecular weight is 385 g/mol. The number of phenols is 1. The maximum absolute atomic E-state index is 13.2. The number of hydrogen-bond acceptors (Lipinski definition) is 3. The molecule has 5 nitrogen and oxygen atoms in total. The molecule has 0 fully saturated rings. The van der Waals surface area contributed by atoms with E-state index in [1.54, 1.807) is 47.9 Å². The molecule has 0 saturated heterocycles. The van der Waals surface area contributed by atoms with Gasteiger partial charge in [0.15, 0.2) is 0 Å². The van der Waals surface area contributed by atoms with Crippen LogP contribution in [0.15, 0.2) is 42.5 Å². The van der Waals surface area contributed by atoms with Crippen LogP contribution in [-0.4, -0.2) is 21.5 Å². The lowest BCUT2D eigenvalue weighted by Crippen LogP contribution is -2.22. The molecule has 6 heteroatoms. The number of aromatic nitrogens is 1. The van der Waals surface area contributed by atoms with E-state index in [1.807, 2.05) is 6.92 Å². The highest BCUT2D eigenvalue weighted by atomic mass is 35.5. The van der Waals surface area contributed by atoms with E-state index in [4.69, 9.17) is 17.3 Å². The summed E-state index contributed by atoms with van der Waals surface area (Å²) in [5, 5.41) is 11.2. The number of phenolic OH excluding ortho intramolecular Hbond substituents is 1. The SMILES string of the molecule is CCCC(C(N)=O)c1c(C)n(C(=O)c2ccc(Cl)cc2)c2ccc(O)cc12. The molecule has 0 saturated carbocycles. The van der Waals surface area contributed by atoms with Gasteiger partial charge in [-0.05, 0) is 61.4 Å². The zero-order valence-electron chi connectivity index (χ0n) is 15.2. The van der Waals surface area contributed by atoms with Crippen LogP contribution < -0.4 is 5.73 Å². The fraction of sp³-hybridized carbons (Fsp3) is 0.238. The number of fused-ring (bicyclic) bond motifs is 1. The lowest BCUT2D eigenvalue weighted by molar-refractivity contribution is -0.119. The van der Waals surface area contributed by atoms with Gasteiger partial charge in [0.05, 0.1) is 11.4 Å². The van der Waals surface area contributed by atoms with Crippen molar-refractivity contribution >= 4 is 34.3 Å². The predicted octanol–water partition coefficient (Wildman–Crippen LogP) is 4.37. The first kappa shape index (κ1) is 19.0. The highest BCUT2D eigenvalue weighted by molar-refractivity contribution is 6.30. The lowest BCUT2D eigenvalue weighted by atomic mass is 9.91. The van der Waals surface area contributed by atoms with Crippen molar-refractivity contribution in [3.8, 4) is 5.75 Å². The summed E-state index contributed by atoms with van der Waals surface area (Å²) in [5.41, 5.74) is 8.10. The highest BCUT2D eigenvalue weighted by Gasteiger charge is 2.27. The Kier molecular flexibility index (Phi) is 5.24. The van der Waals surface area contributed by atoms with Gasteiger partial charge in [-0.1, -0.05) is 24.9 Å². The Morgan fingerprint density at radius 3 is 2.44 bits per heavy atom. The van der Waals surface area contributed by atoms with Crippen molar-refractivity contribution < 1.29 is 14.7 Å². The molecule has 0 aliphatic rings. The van der Waals surface area contributed by atoms with Gasteiger partial charge in [0.2, 0.25) is 5.91 Å². The summed E-state index contributed by atoms with van der Waals surface area (Å²) in [6.45, 7) is 3.77. The second-order valence-corrected chi connectivity index (χ2v) is 7.03. The molecule has 3 rings (SSSR count). The molecule has 0 bridgehead atoms. The zero-order chi connectivity index (χ0) is 19.7. The van der Waals surface area contributed by atoms with Crippen LogP contribution in [0.2, 0.25) is 5.02 Å². The van der Waals surface area contributed by atoms with Gasteiger partial charge < -0.3 is 10.8 Å². The van der Waals surface area contributed by atoms with Gasteiger partial charge in [0.1, 0.15) is 5.75 Å². The van der Waals surface area contributed by atoms with Crippen molar-refractivity contribution in [2.45, 2.75) is 32.6 Å². The smallest absolute Gasteiger partial charge is 0.262 e. The van der Waals surface area contributed by atoms with Gasteiger partial charge in [0, 0.05) is 21.7 Å². The minimum Gasteiger partial charge on any atom is -0.508 e. The molecule has 3 aromatic rings. The number of carbonyl (C=O) groups excluding carboxylic acids is 2. The normalized spacial score (nSPS) is 12.3. The van der Waals surface area contributed by atoms with E-state index in [0.717, 1.165) is 6.42 Å². The molecule has 0 aliphatic carbocycles. The third kappa shape index (κ3) is 3.43. The second kappa shape index (κ2) is 7.45. The zero-order valence-corrected chi connectivity index (χ0v) is 16.0. The summed E-state index contributed by atoms with van der Waals surface area (Å²) in [6, 6.07) is 11.4. The Morgan fingerprint density at radius 2 is 1.85 bits per heavy atom. The maximum atomic E-state index is 13.2. The number of benzene rings is 2. The number of nitrogens with zero attached hydrogens (tertiary/aromatic N) is 1. The first-order chi connectivity index (χ1) is 12.8. The van der Waals surface area contributed by atoms with Gasteiger partial charge in [-0.2, -0.15) is 0 Å². The van der Waals surface area contributed by atoms with Crippen LogP contribution in [0, 0.1) is 6.92 Å². The molecule has 0 aliphatic heterocycles. The van der Waals surface area contributed by atoms with Gasteiger partial charge in [-0.15, -0.1) is 0 Å². The van der Waals surface area contributed by atoms with E-state index < -0.39 is 11.8 Å². The Hall–Kier alpha value is -2.79. The van der Waals surface area contributed by atoms with Crippen LogP contribution >= 0.6 is 11.6 Å². The number of aromatic hydroxyl groups is 1. The minimum atomic E-state index is -0.529. The number of hydrogen-bond donors (Lipinski definition) is 2. The van der Waals surface area contributed by atoms with E-state index >= 15 is 0 Å². The van der Waals surface area contributed by atoms with Gasteiger partial charge >= 0.3 is 0 Å². The molecule has 140 valence electrons. The van der Waals surface area contributed by atoms with Gasteiger partial charge in [0.25, 0.3) is 5.91 Å². The maximum Gasteiger partial charge on any atom is 0.262 e. The monoisotopic (exact) mass is 384 g/mol. The lowest BCUT2D eigenvalue weighted by Gasteiger charge is -2.14. The summed E-state index contributed by atoms with van der Waals surface area (Å²) in [6.07, 6.45) is 1.34. The second-order valence-electron chi connectivity index (χ2n) is 6.59. The van der Waals surface area contributed by atoms with E-state index in [2.05, 4.69) is 0 Å². The third-order valence-corrected chi connectivity index (χ3v) is 5.05. The summed E-state index contributed by atoms with van der Waals surface area (Å²) in [7, 11) is 0. The van der Waals surface area contributed by atoms with Crippen LogP contribution in [0.3, 0.4) is 0 Å². The van der Waals surface area contributed by atoms with Crippen molar-refractivity contribution in [3.05, 3.63) is 64.3 Å². The summed E-state index contributed by atoms with van der Waals surface area (Å²) < 4.78 is 1.57. The minimum absolute atomic E-state index is 0.0690. The molecule has 0 spiro atoms. The van der Waals surface area contributed by atoms with Crippen molar-refractivity contribution in [1.29, 1.82) is 0 Å². The molecule has 0 radical (unpaired) electrons. The fourth-order valence-corrected chi connectivity index (χ4v) is 3.70. The molecular weight excluding hydrogens is 364 g/mol. The van der Waals surface area contributed by atoms with Crippen LogP contribution in [0.1, 0.15) is 47.3 Å². The van der Waals surface area contributed by atoms with Crippen molar-refractivity contribution in [1.82, 2.24) is 4.57 Å². The molecule has 2 aromatic carbocycles. The Balaban J connectivity index is 2.27. The van der Waals surface area contributed by atoms with Crippen LogP contribution in [0.25, 0.3) is 10.9 Å². The average Bonchev–Trinajstić information content (AvgIpc) is 2.90. The Bertz CT molecular complexity index is 1020. The van der Waals surface area contributed by atoms with E-state index in [1.165, 1.54) is 6.07 Å². The molecule has 1 aromatic heterocycles. The fourth-order valence-electron chi connectivity index (χ4n) is 3.57. The molecule has 1 unspecified atom stereocenters. The van der Waals surface area contributed by atoms with Crippen molar-refractivity contribution in [3.63, 3.8) is 0 Å². The van der Waals surface area contributed by atoms with Gasteiger partial charge in [-0.25, -0.2) is 0 Å². The largest absolute Gasteiger partial charge is 0.508 e. The van der Waals surface area contributed by atoms with E-state index in [0.29, 0.717) is 39.2 Å². The first-order valence-corrected chi connectivity index (χ1v) is 9.16. The van der Waals surface area contributed by atoms with Crippen LogP contribution in [0.5, 0.6) is 5.75 Å². The van der Waals surface area contributed by atoms with Crippen molar-refractivity contribution in [2.24, 2.45) is 5.73 Å². The Labute approximate surface area is 162 Å². The van der Waals surface area contributed by atoms with Gasteiger partial charge in [-0.3, -0.25) is 14.2 Å². The molecule has 1 heterocycles. The van der Waals surface area contributed by atoms with E-state index in [9.17, 15) is 14.7 Å². The number of amides is 1. The van der Waals surface area contributed by atoms with Crippen molar-refractivity contribution in [2.75, 3.05) is 0 Å². The molecule has 3 N–H and O–H groups in total. The van der Waals surface area contributed by atoms with Crippen LogP contribution in [0.4, 0.5) is 0 Å². The molecule has 27 heavy (non-hydrogen) atoms. The number of carbonyl (C=O) groups is 2. The summed E-state index contributed by atoms with van der Waals surface area (Å²) in [4.78, 5) is 25.3. The third-order valence-electron chi connectivity index (χ3n) is 4.80. The number of nitrogens with two attached hydrogens (primary N) is 1. The number of rotatable bonds is 5.